The molecule has 4 aromatic rings. The predicted octanol–water partition coefficient (Wildman–Crippen LogP) is 4.64. The Hall–Kier alpha value is -3.21. The van der Waals surface area contributed by atoms with Crippen LogP contribution >= 0.6 is 11.3 Å². The molecule has 1 heterocycles. The number of fused-ring (bicyclic) bond motifs is 1. The topological polar surface area (TPSA) is 82.8 Å². The van der Waals surface area contributed by atoms with E-state index in [4.69, 9.17) is 5.26 Å². The number of nitrogens with one attached hydrogen (secondary N) is 1. The van der Waals surface area contributed by atoms with Gasteiger partial charge in [0.25, 0.3) is 10.0 Å². The van der Waals surface area contributed by atoms with Gasteiger partial charge < -0.3 is 0 Å². The molecule has 1 N–H and O–H groups in total. The standard InChI is InChI=1S/C20H13N3O2S2/c21-13-14-4-3-5-17(12-14)27(24,25)23-16-10-8-15(9-11-16)20-22-18-6-1-2-7-19(18)26-20/h1-12,23H. The summed E-state index contributed by atoms with van der Waals surface area (Å²) < 4.78 is 28.7. The minimum absolute atomic E-state index is 0.0526. The van der Waals surface area contributed by atoms with Crippen LogP contribution in [0.3, 0.4) is 0 Å². The minimum atomic E-state index is -3.76. The molecule has 132 valence electrons. The summed E-state index contributed by atoms with van der Waals surface area (Å²) in [6.07, 6.45) is 0. The number of nitrogens with zero attached hydrogens (tertiary/aromatic N) is 2. The number of anilines is 1. The number of nitriles is 1. The lowest BCUT2D eigenvalue weighted by molar-refractivity contribution is 0.601. The van der Waals surface area contributed by atoms with Crippen molar-refractivity contribution < 1.29 is 8.42 Å². The Bertz CT molecular complexity index is 1240. The van der Waals surface area contributed by atoms with Crippen molar-refractivity contribution in [3.63, 3.8) is 0 Å². The fraction of sp³-hybridized carbons (Fsp3) is 0. The van der Waals surface area contributed by atoms with Crippen molar-refractivity contribution in [1.82, 2.24) is 4.98 Å². The van der Waals surface area contributed by atoms with E-state index in [2.05, 4.69) is 9.71 Å². The molecule has 4 rings (SSSR count). The first kappa shape index (κ1) is 17.2. The van der Waals surface area contributed by atoms with Crippen molar-refractivity contribution in [3.05, 3.63) is 78.4 Å². The van der Waals surface area contributed by atoms with E-state index in [1.54, 1.807) is 35.6 Å². The molecular formula is C20H13N3O2S2. The van der Waals surface area contributed by atoms with Crippen molar-refractivity contribution in [3.8, 4) is 16.6 Å². The molecule has 27 heavy (non-hydrogen) atoms. The molecule has 0 aliphatic heterocycles. The van der Waals surface area contributed by atoms with Gasteiger partial charge in [0.15, 0.2) is 0 Å². The first-order valence-corrected chi connectivity index (χ1v) is 10.3. The molecule has 1 aromatic heterocycles. The van der Waals surface area contributed by atoms with Gasteiger partial charge in [-0.25, -0.2) is 13.4 Å². The van der Waals surface area contributed by atoms with Gasteiger partial charge in [-0.05, 0) is 54.6 Å². The smallest absolute Gasteiger partial charge is 0.261 e. The molecule has 7 heteroatoms. The van der Waals surface area contributed by atoms with Crippen molar-refractivity contribution in [2.75, 3.05) is 4.72 Å². The predicted molar refractivity (Wildman–Crippen MR) is 107 cm³/mol. The number of thiazole rings is 1. The first-order chi connectivity index (χ1) is 13.0. The molecule has 0 aliphatic rings. The van der Waals surface area contributed by atoms with Crippen molar-refractivity contribution in [2.45, 2.75) is 4.90 Å². The van der Waals surface area contributed by atoms with Gasteiger partial charge in [-0.1, -0.05) is 18.2 Å². The number of para-hydroxylation sites is 1. The van der Waals surface area contributed by atoms with Gasteiger partial charge in [0.2, 0.25) is 0 Å². The SMILES string of the molecule is N#Cc1cccc(S(=O)(=O)Nc2ccc(-c3nc4ccccc4s3)cc2)c1. The largest absolute Gasteiger partial charge is 0.280 e. The lowest BCUT2D eigenvalue weighted by atomic mass is 10.2. The Morgan fingerprint density at radius 3 is 2.48 bits per heavy atom. The highest BCUT2D eigenvalue weighted by Crippen LogP contribution is 2.30. The Morgan fingerprint density at radius 1 is 0.963 bits per heavy atom. The van der Waals surface area contributed by atoms with E-state index in [0.717, 1.165) is 20.8 Å². The van der Waals surface area contributed by atoms with Crippen LogP contribution in [-0.2, 0) is 10.0 Å². The zero-order valence-electron chi connectivity index (χ0n) is 14.0. The molecule has 0 saturated carbocycles. The molecule has 0 fully saturated rings. The summed E-state index contributed by atoms with van der Waals surface area (Å²) in [6, 6.07) is 22.8. The molecule has 0 amide bonds. The highest BCUT2D eigenvalue weighted by molar-refractivity contribution is 7.92. The van der Waals surface area contributed by atoms with Crippen LogP contribution in [0.2, 0.25) is 0 Å². The third-order valence-corrected chi connectivity index (χ3v) is 6.42. The third kappa shape index (κ3) is 3.53. The van der Waals surface area contributed by atoms with Crippen molar-refractivity contribution in [1.29, 1.82) is 5.26 Å². The minimum Gasteiger partial charge on any atom is -0.280 e. The van der Waals surface area contributed by atoms with Crippen molar-refractivity contribution >= 4 is 37.3 Å². The fourth-order valence-corrected chi connectivity index (χ4v) is 4.70. The number of benzene rings is 3. The first-order valence-electron chi connectivity index (χ1n) is 8.04. The van der Waals surface area contributed by atoms with Crippen LogP contribution in [0.5, 0.6) is 0 Å². The van der Waals surface area contributed by atoms with Gasteiger partial charge in [0, 0.05) is 11.3 Å². The van der Waals surface area contributed by atoms with Crippen LogP contribution in [-0.4, -0.2) is 13.4 Å². The second-order valence-electron chi connectivity index (χ2n) is 5.81. The Balaban J connectivity index is 1.59. The number of hydrogen-bond acceptors (Lipinski definition) is 5. The number of hydrogen-bond donors (Lipinski definition) is 1. The quantitative estimate of drug-likeness (QED) is 0.549. The zero-order valence-corrected chi connectivity index (χ0v) is 15.6. The van der Waals surface area contributed by atoms with Crippen LogP contribution < -0.4 is 4.72 Å². The van der Waals surface area contributed by atoms with Crippen LogP contribution in [0.4, 0.5) is 5.69 Å². The van der Waals surface area contributed by atoms with Crippen LogP contribution in [0.25, 0.3) is 20.8 Å². The monoisotopic (exact) mass is 391 g/mol. The summed E-state index contributed by atoms with van der Waals surface area (Å²) >= 11 is 1.59. The third-order valence-electron chi connectivity index (χ3n) is 3.95. The number of sulfonamides is 1. The van der Waals surface area contributed by atoms with Gasteiger partial charge in [-0.2, -0.15) is 5.26 Å². The molecule has 0 bridgehead atoms. The lowest BCUT2D eigenvalue weighted by Crippen LogP contribution is -2.12. The second-order valence-corrected chi connectivity index (χ2v) is 8.52. The molecule has 0 atom stereocenters. The molecule has 5 nitrogen and oxygen atoms in total. The maximum Gasteiger partial charge on any atom is 0.261 e. The summed E-state index contributed by atoms with van der Waals surface area (Å²) in [7, 11) is -3.76. The molecule has 0 aliphatic carbocycles. The van der Waals surface area contributed by atoms with Crippen molar-refractivity contribution in [2.24, 2.45) is 0 Å². The van der Waals surface area contributed by atoms with Gasteiger partial charge in [-0.15, -0.1) is 11.3 Å². The van der Waals surface area contributed by atoms with Gasteiger partial charge in [-0.3, -0.25) is 4.72 Å². The molecule has 0 spiro atoms. The van der Waals surface area contributed by atoms with Gasteiger partial charge in [0.05, 0.1) is 26.7 Å². The number of rotatable bonds is 4. The van der Waals surface area contributed by atoms with E-state index >= 15 is 0 Å². The van der Waals surface area contributed by atoms with E-state index in [1.165, 1.54) is 12.1 Å². The second kappa shape index (κ2) is 6.83. The summed E-state index contributed by atoms with van der Waals surface area (Å²) in [5.74, 6) is 0. The molecule has 0 radical (unpaired) electrons. The summed E-state index contributed by atoms with van der Waals surface area (Å²) in [5, 5.41) is 9.82. The maximum atomic E-state index is 12.5. The molecule has 0 unspecified atom stereocenters. The highest BCUT2D eigenvalue weighted by atomic mass is 32.2. The Labute approximate surface area is 160 Å². The zero-order chi connectivity index (χ0) is 18.9. The fourth-order valence-electron chi connectivity index (χ4n) is 2.62. The normalized spacial score (nSPS) is 11.2. The Morgan fingerprint density at radius 2 is 1.74 bits per heavy atom. The van der Waals surface area contributed by atoms with E-state index in [-0.39, 0.29) is 4.90 Å². The van der Waals surface area contributed by atoms with E-state index < -0.39 is 10.0 Å². The van der Waals surface area contributed by atoms with Crippen LogP contribution in [0.15, 0.2) is 77.7 Å². The van der Waals surface area contributed by atoms with Crippen LogP contribution in [0, 0.1) is 11.3 Å². The Kier molecular flexibility index (Phi) is 4.36. The summed E-state index contributed by atoms with van der Waals surface area (Å²) in [4.78, 5) is 4.66. The molecular weight excluding hydrogens is 378 g/mol. The lowest BCUT2D eigenvalue weighted by Gasteiger charge is -2.08. The average molecular weight is 391 g/mol. The highest BCUT2D eigenvalue weighted by Gasteiger charge is 2.15. The summed E-state index contributed by atoms with van der Waals surface area (Å²) in [5.41, 5.74) is 2.61. The van der Waals surface area contributed by atoms with E-state index in [9.17, 15) is 8.42 Å². The molecule has 3 aromatic carbocycles. The average Bonchev–Trinajstić information content (AvgIpc) is 3.12. The van der Waals surface area contributed by atoms with E-state index in [0.29, 0.717) is 11.3 Å². The number of aromatic nitrogens is 1. The maximum absolute atomic E-state index is 12.5. The summed E-state index contributed by atoms with van der Waals surface area (Å²) in [6.45, 7) is 0. The van der Waals surface area contributed by atoms with Gasteiger partial charge >= 0.3 is 0 Å². The van der Waals surface area contributed by atoms with Crippen LogP contribution in [0.1, 0.15) is 5.56 Å². The van der Waals surface area contributed by atoms with E-state index in [1.807, 2.05) is 42.5 Å². The van der Waals surface area contributed by atoms with Gasteiger partial charge in [0.1, 0.15) is 5.01 Å². The molecule has 0 saturated heterocycles.